The van der Waals surface area contributed by atoms with Gasteiger partial charge < -0.3 is 10.2 Å². The minimum Gasteiger partial charge on any atom is -0.336 e. The van der Waals surface area contributed by atoms with Crippen LogP contribution in [0.3, 0.4) is 0 Å². The lowest BCUT2D eigenvalue weighted by molar-refractivity contribution is -0.143. The van der Waals surface area contributed by atoms with Crippen LogP contribution >= 0.6 is 0 Å². The highest BCUT2D eigenvalue weighted by molar-refractivity contribution is 6.09. The summed E-state index contributed by atoms with van der Waals surface area (Å²) in [4.78, 5) is 41.3. The first-order chi connectivity index (χ1) is 11.8. The highest BCUT2D eigenvalue weighted by Crippen LogP contribution is 2.38. The molecule has 6 heteroatoms. The van der Waals surface area contributed by atoms with Gasteiger partial charge in [0, 0.05) is 12.1 Å². The van der Waals surface area contributed by atoms with Gasteiger partial charge >= 0.3 is 6.03 Å². The molecule has 0 bridgehead atoms. The van der Waals surface area contributed by atoms with Crippen LogP contribution in [0.5, 0.6) is 0 Å². The molecule has 1 N–H and O–H groups in total. The van der Waals surface area contributed by atoms with Crippen molar-refractivity contribution >= 4 is 17.8 Å². The summed E-state index contributed by atoms with van der Waals surface area (Å²) in [5.74, 6) is -0.253. The molecule has 0 unspecified atom stereocenters. The van der Waals surface area contributed by atoms with Gasteiger partial charge in [-0.15, -0.1) is 0 Å². The number of nitrogens with zero attached hydrogens (tertiary/aromatic N) is 2. The fraction of sp³-hybridized carbons (Fsp3) is 0.842. The lowest BCUT2D eigenvalue weighted by Crippen LogP contribution is -2.54. The number of hydrogen-bond donors (Lipinski definition) is 1. The number of rotatable bonds is 6. The van der Waals surface area contributed by atoms with E-state index in [1.807, 2.05) is 39.5 Å². The maximum absolute atomic E-state index is 13.0. The van der Waals surface area contributed by atoms with E-state index in [0.29, 0.717) is 6.42 Å². The number of amides is 4. The second kappa shape index (κ2) is 7.75. The molecule has 0 aromatic carbocycles. The SMILES string of the molecule is CC[C@@H](C)N(C(=O)CN1C(=O)N[C@]2(CCCC[C@@H]2C)C1=O)[C@@H](C)CC. The normalized spacial score (nSPS) is 28.8. The molecule has 4 atom stereocenters. The molecule has 1 aliphatic heterocycles. The maximum atomic E-state index is 13.0. The summed E-state index contributed by atoms with van der Waals surface area (Å²) in [5.41, 5.74) is -0.798. The van der Waals surface area contributed by atoms with Crippen molar-refractivity contribution < 1.29 is 14.4 Å². The van der Waals surface area contributed by atoms with E-state index in [0.717, 1.165) is 37.0 Å². The second-order valence-corrected chi connectivity index (χ2v) is 7.76. The summed E-state index contributed by atoms with van der Waals surface area (Å²) >= 11 is 0. The van der Waals surface area contributed by atoms with Gasteiger partial charge in [-0.25, -0.2) is 4.79 Å². The third-order valence-electron chi connectivity index (χ3n) is 6.21. The van der Waals surface area contributed by atoms with Crippen LogP contribution in [0.25, 0.3) is 0 Å². The van der Waals surface area contributed by atoms with Crippen LogP contribution in [0.15, 0.2) is 0 Å². The van der Waals surface area contributed by atoms with Crippen LogP contribution in [0.1, 0.15) is 73.1 Å². The Balaban J connectivity index is 2.17. The molecule has 2 aliphatic rings. The zero-order valence-electron chi connectivity index (χ0n) is 16.3. The van der Waals surface area contributed by atoms with E-state index >= 15 is 0 Å². The summed E-state index contributed by atoms with van der Waals surface area (Å²) in [6.07, 6.45) is 5.31. The molecule has 142 valence electrons. The molecular weight excluding hydrogens is 318 g/mol. The molecule has 1 saturated carbocycles. The second-order valence-electron chi connectivity index (χ2n) is 7.76. The van der Waals surface area contributed by atoms with E-state index in [1.54, 1.807) is 0 Å². The van der Waals surface area contributed by atoms with Crippen molar-refractivity contribution in [3.63, 3.8) is 0 Å². The van der Waals surface area contributed by atoms with E-state index < -0.39 is 11.6 Å². The lowest BCUT2D eigenvalue weighted by atomic mass is 9.73. The van der Waals surface area contributed by atoms with Gasteiger partial charge in [-0.3, -0.25) is 14.5 Å². The van der Waals surface area contributed by atoms with Crippen LogP contribution in [-0.4, -0.2) is 51.8 Å². The lowest BCUT2D eigenvalue weighted by Gasteiger charge is -2.37. The van der Waals surface area contributed by atoms with Crippen molar-refractivity contribution in [2.45, 2.75) is 90.8 Å². The fourth-order valence-corrected chi connectivity index (χ4v) is 4.18. The highest BCUT2D eigenvalue weighted by Gasteiger charge is 2.55. The third kappa shape index (κ3) is 3.53. The minimum absolute atomic E-state index is 0.0887. The molecule has 6 nitrogen and oxygen atoms in total. The molecule has 0 radical (unpaired) electrons. The van der Waals surface area contributed by atoms with Crippen LogP contribution in [0.4, 0.5) is 4.79 Å². The largest absolute Gasteiger partial charge is 0.336 e. The van der Waals surface area contributed by atoms with E-state index in [-0.39, 0.29) is 36.4 Å². The molecule has 1 saturated heterocycles. The Bertz CT molecular complexity index is 526. The first-order valence-electron chi connectivity index (χ1n) is 9.73. The Morgan fingerprint density at radius 1 is 1.24 bits per heavy atom. The van der Waals surface area contributed by atoms with Crippen molar-refractivity contribution in [3.8, 4) is 0 Å². The Morgan fingerprint density at radius 2 is 1.84 bits per heavy atom. The van der Waals surface area contributed by atoms with Crippen molar-refractivity contribution in [2.24, 2.45) is 5.92 Å². The van der Waals surface area contributed by atoms with Gasteiger partial charge in [-0.2, -0.15) is 0 Å². The molecular formula is C19H33N3O3. The zero-order chi connectivity index (χ0) is 18.8. The van der Waals surface area contributed by atoms with Gasteiger partial charge in [0.1, 0.15) is 12.1 Å². The monoisotopic (exact) mass is 351 g/mol. The molecule has 1 aliphatic carbocycles. The van der Waals surface area contributed by atoms with Gasteiger partial charge in [0.15, 0.2) is 0 Å². The number of hydrogen-bond acceptors (Lipinski definition) is 3. The quantitative estimate of drug-likeness (QED) is 0.748. The molecule has 25 heavy (non-hydrogen) atoms. The Labute approximate surface area is 151 Å². The number of carbonyl (C=O) groups excluding carboxylic acids is 3. The van der Waals surface area contributed by atoms with Gasteiger partial charge in [0.25, 0.3) is 5.91 Å². The summed E-state index contributed by atoms with van der Waals surface area (Å²) in [5, 5.41) is 2.92. The number of imide groups is 1. The van der Waals surface area contributed by atoms with Gasteiger partial charge in [-0.05, 0) is 45.4 Å². The topological polar surface area (TPSA) is 69.7 Å². The molecule has 0 aromatic heterocycles. The maximum Gasteiger partial charge on any atom is 0.325 e. The van der Waals surface area contributed by atoms with E-state index in [9.17, 15) is 14.4 Å². The van der Waals surface area contributed by atoms with Gasteiger partial charge in [0.05, 0.1) is 0 Å². The summed E-state index contributed by atoms with van der Waals surface area (Å²) < 4.78 is 0. The zero-order valence-corrected chi connectivity index (χ0v) is 16.3. The average Bonchev–Trinajstić information content (AvgIpc) is 2.82. The van der Waals surface area contributed by atoms with Crippen molar-refractivity contribution in [1.82, 2.24) is 15.1 Å². The number of carbonyl (C=O) groups is 3. The third-order valence-corrected chi connectivity index (χ3v) is 6.21. The predicted molar refractivity (Wildman–Crippen MR) is 97.0 cm³/mol. The summed E-state index contributed by atoms with van der Waals surface area (Å²) in [6.45, 7) is 9.97. The van der Waals surface area contributed by atoms with E-state index in [4.69, 9.17) is 0 Å². The molecule has 0 aromatic rings. The molecule has 1 spiro atoms. The van der Waals surface area contributed by atoms with Crippen molar-refractivity contribution in [1.29, 1.82) is 0 Å². The van der Waals surface area contributed by atoms with E-state index in [2.05, 4.69) is 5.32 Å². The van der Waals surface area contributed by atoms with Crippen LogP contribution in [0.2, 0.25) is 0 Å². The van der Waals surface area contributed by atoms with Gasteiger partial charge in [-0.1, -0.05) is 33.6 Å². The molecule has 2 rings (SSSR count). The molecule has 4 amide bonds. The number of urea groups is 1. The summed E-state index contributed by atoms with van der Waals surface area (Å²) in [7, 11) is 0. The Morgan fingerprint density at radius 3 is 2.36 bits per heavy atom. The van der Waals surface area contributed by atoms with Gasteiger partial charge in [0.2, 0.25) is 5.91 Å². The van der Waals surface area contributed by atoms with Crippen molar-refractivity contribution in [2.75, 3.05) is 6.54 Å². The minimum atomic E-state index is -0.798. The standard InChI is InChI=1S/C19H33N3O3/c1-6-14(4)22(15(5)7-2)16(23)12-21-17(24)19(20-18(21)25)11-9-8-10-13(19)3/h13-15H,6-12H2,1-5H3,(H,20,25)/t13-,14-,15+,19-/m0/s1. The summed E-state index contributed by atoms with van der Waals surface area (Å²) in [6, 6.07) is -0.239. The van der Waals surface area contributed by atoms with Crippen molar-refractivity contribution in [3.05, 3.63) is 0 Å². The predicted octanol–water partition coefficient (Wildman–Crippen LogP) is 2.91. The van der Waals surface area contributed by atoms with Crippen LogP contribution in [-0.2, 0) is 9.59 Å². The van der Waals surface area contributed by atoms with E-state index in [1.165, 1.54) is 0 Å². The van der Waals surface area contributed by atoms with Crippen LogP contribution in [0, 0.1) is 5.92 Å². The first kappa shape index (κ1) is 19.7. The molecule has 1 heterocycles. The Hall–Kier alpha value is -1.59. The molecule has 2 fully saturated rings. The van der Waals surface area contributed by atoms with Crippen LogP contribution < -0.4 is 5.32 Å². The number of nitrogens with one attached hydrogen (secondary N) is 1. The fourth-order valence-electron chi connectivity index (χ4n) is 4.18. The first-order valence-corrected chi connectivity index (χ1v) is 9.73. The average molecular weight is 351 g/mol. The highest BCUT2D eigenvalue weighted by atomic mass is 16.2. The Kier molecular flexibility index (Phi) is 6.12. The smallest absolute Gasteiger partial charge is 0.325 e.